The second-order valence-corrected chi connectivity index (χ2v) is 9.28. The summed E-state index contributed by atoms with van der Waals surface area (Å²) in [6, 6.07) is 0.956. The minimum atomic E-state index is -3.08. The average molecular weight is 541 g/mol. The number of hydrogen-bond donors (Lipinski definition) is 1. The highest BCUT2D eigenvalue weighted by atomic mass is 19.3. The van der Waals surface area contributed by atoms with Gasteiger partial charge in [-0.05, 0) is 17.7 Å². The summed E-state index contributed by atoms with van der Waals surface area (Å²) in [5.41, 5.74) is -0.244. The van der Waals surface area contributed by atoms with Gasteiger partial charge >= 0.3 is 0 Å². The van der Waals surface area contributed by atoms with Crippen molar-refractivity contribution in [2.75, 3.05) is 38.7 Å². The van der Waals surface area contributed by atoms with Crippen molar-refractivity contribution in [2.24, 2.45) is 0 Å². The maximum Gasteiger partial charge on any atom is 0.281 e. The SMILES string of the molecule is COc1nc(N[C@@H]2CN(C3COC3)CC2(F)F)nn2cc(F)c(-c3cc(F)c4ncn(CC(F)F)c4c3)c12. The van der Waals surface area contributed by atoms with E-state index in [0.717, 1.165) is 27.7 Å². The Hall–Kier alpha value is -3.59. The molecule has 15 heteroatoms. The van der Waals surface area contributed by atoms with Crippen LogP contribution in [-0.2, 0) is 11.3 Å². The lowest BCUT2D eigenvalue weighted by atomic mass is 10.1. The fraction of sp³-hybridized carbons (Fsp3) is 0.435. The Labute approximate surface area is 211 Å². The number of anilines is 1. The molecule has 1 N–H and O–H groups in total. The molecule has 1 aromatic carbocycles. The first-order valence-electron chi connectivity index (χ1n) is 11.7. The van der Waals surface area contributed by atoms with Crippen molar-refractivity contribution in [3.05, 3.63) is 36.3 Å². The summed E-state index contributed by atoms with van der Waals surface area (Å²) in [4.78, 5) is 9.63. The topological polar surface area (TPSA) is 81.7 Å². The maximum atomic E-state index is 15.3. The van der Waals surface area contributed by atoms with Crippen molar-refractivity contribution in [3.63, 3.8) is 0 Å². The van der Waals surface area contributed by atoms with Gasteiger partial charge in [-0.15, -0.1) is 5.10 Å². The molecule has 0 amide bonds. The van der Waals surface area contributed by atoms with Crippen LogP contribution in [0.3, 0.4) is 0 Å². The van der Waals surface area contributed by atoms with Crippen molar-refractivity contribution in [1.29, 1.82) is 0 Å². The van der Waals surface area contributed by atoms with E-state index in [4.69, 9.17) is 9.47 Å². The third-order valence-corrected chi connectivity index (χ3v) is 6.83. The van der Waals surface area contributed by atoms with Gasteiger partial charge in [0, 0.05) is 6.54 Å². The standard InChI is InChI=1S/C23H21F6N7O2/c1-37-21-20-18(11-2-13(24)19-15(3-11)35(10-30-19)6-17(26)27)14(25)4-36(20)33-22(32-21)31-16-5-34(9-23(16,28)29)12-7-38-8-12/h2-4,10,12,16-17H,5-9H2,1H3,(H,31,33)/t16-/m1/s1. The van der Waals surface area contributed by atoms with Crippen LogP contribution in [-0.4, -0.2) is 86.9 Å². The first-order chi connectivity index (χ1) is 18.1. The van der Waals surface area contributed by atoms with Gasteiger partial charge in [0.1, 0.15) is 17.1 Å². The number of imidazole rings is 1. The van der Waals surface area contributed by atoms with Crippen LogP contribution in [0.25, 0.3) is 27.7 Å². The van der Waals surface area contributed by atoms with Crippen molar-refractivity contribution in [1.82, 2.24) is 29.0 Å². The Balaban J connectivity index is 1.39. The van der Waals surface area contributed by atoms with E-state index in [9.17, 15) is 22.0 Å². The summed E-state index contributed by atoms with van der Waals surface area (Å²) < 4.78 is 98.0. The van der Waals surface area contributed by atoms with Crippen LogP contribution in [0.15, 0.2) is 24.7 Å². The van der Waals surface area contributed by atoms with Gasteiger partial charge in [-0.25, -0.2) is 35.8 Å². The molecule has 2 fully saturated rings. The molecule has 9 nitrogen and oxygen atoms in total. The molecule has 0 radical (unpaired) electrons. The van der Waals surface area contributed by atoms with Crippen molar-refractivity contribution in [2.45, 2.75) is 31.0 Å². The molecule has 2 aliphatic rings. The molecule has 4 aromatic rings. The summed E-state index contributed by atoms with van der Waals surface area (Å²) in [5, 5.41) is 6.78. The highest BCUT2D eigenvalue weighted by Gasteiger charge is 2.51. The van der Waals surface area contributed by atoms with Gasteiger partial charge in [0.2, 0.25) is 11.8 Å². The Morgan fingerprint density at radius 1 is 1.21 bits per heavy atom. The van der Waals surface area contributed by atoms with Crippen molar-refractivity contribution in [3.8, 4) is 17.0 Å². The zero-order valence-electron chi connectivity index (χ0n) is 19.8. The van der Waals surface area contributed by atoms with E-state index in [0.29, 0.717) is 13.2 Å². The second-order valence-electron chi connectivity index (χ2n) is 9.28. The van der Waals surface area contributed by atoms with Gasteiger partial charge in [-0.1, -0.05) is 0 Å². The molecule has 38 heavy (non-hydrogen) atoms. The van der Waals surface area contributed by atoms with E-state index in [-0.39, 0.29) is 52.1 Å². The molecule has 1 atom stereocenters. The number of rotatable bonds is 7. The Morgan fingerprint density at radius 2 is 2.00 bits per heavy atom. The van der Waals surface area contributed by atoms with Gasteiger partial charge < -0.3 is 19.4 Å². The second kappa shape index (κ2) is 9.01. The fourth-order valence-corrected chi connectivity index (χ4v) is 4.89. The Morgan fingerprint density at radius 3 is 2.68 bits per heavy atom. The predicted octanol–water partition coefficient (Wildman–Crippen LogP) is 3.43. The first-order valence-corrected chi connectivity index (χ1v) is 11.7. The van der Waals surface area contributed by atoms with Gasteiger partial charge in [-0.3, -0.25) is 4.90 Å². The largest absolute Gasteiger partial charge is 0.479 e. The number of ether oxygens (including phenoxy) is 2. The number of nitrogens with one attached hydrogen (secondary N) is 1. The molecule has 202 valence electrons. The molecule has 0 spiro atoms. The summed E-state index contributed by atoms with van der Waals surface area (Å²) in [6.45, 7) is -0.366. The molecule has 6 rings (SSSR count). The van der Waals surface area contributed by atoms with Crippen LogP contribution in [0.2, 0.25) is 0 Å². The quantitative estimate of drug-likeness (QED) is 0.359. The maximum absolute atomic E-state index is 15.3. The van der Waals surface area contributed by atoms with E-state index in [1.165, 1.54) is 13.2 Å². The highest BCUT2D eigenvalue weighted by molar-refractivity contribution is 5.90. The van der Waals surface area contributed by atoms with E-state index in [1.54, 1.807) is 4.90 Å². The molecular formula is C23H21F6N7O2. The monoisotopic (exact) mass is 541 g/mol. The van der Waals surface area contributed by atoms with Crippen LogP contribution >= 0.6 is 0 Å². The third kappa shape index (κ3) is 4.09. The number of benzene rings is 1. The summed E-state index contributed by atoms with van der Waals surface area (Å²) in [6.07, 6.45) is -0.659. The summed E-state index contributed by atoms with van der Waals surface area (Å²) in [5.74, 6) is -5.14. The first kappa shape index (κ1) is 24.7. The van der Waals surface area contributed by atoms with Crippen molar-refractivity contribution < 1.29 is 35.8 Å². The van der Waals surface area contributed by atoms with Crippen LogP contribution in [0.1, 0.15) is 0 Å². The normalized spacial score (nSPS) is 20.1. The zero-order chi connectivity index (χ0) is 26.8. The minimum absolute atomic E-state index is 0.000602. The molecule has 0 aliphatic carbocycles. The molecule has 2 saturated heterocycles. The van der Waals surface area contributed by atoms with E-state index < -0.39 is 43.1 Å². The number of nitrogens with zero attached hydrogens (tertiary/aromatic N) is 6. The van der Waals surface area contributed by atoms with Crippen molar-refractivity contribution >= 4 is 22.5 Å². The summed E-state index contributed by atoms with van der Waals surface area (Å²) >= 11 is 0. The molecule has 0 bridgehead atoms. The molecule has 5 heterocycles. The number of hydrogen-bond acceptors (Lipinski definition) is 7. The summed E-state index contributed by atoms with van der Waals surface area (Å²) in [7, 11) is 1.25. The smallest absolute Gasteiger partial charge is 0.281 e. The molecule has 0 saturated carbocycles. The average Bonchev–Trinajstić information content (AvgIpc) is 3.44. The highest BCUT2D eigenvalue weighted by Crippen LogP contribution is 2.37. The van der Waals surface area contributed by atoms with Gasteiger partial charge in [-0.2, -0.15) is 4.98 Å². The van der Waals surface area contributed by atoms with Crippen LogP contribution in [0, 0.1) is 11.6 Å². The molecule has 0 unspecified atom stereocenters. The lowest BCUT2D eigenvalue weighted by Crippen LogP contribution is -2.48. The van der Waals surface area contributed by atoms with Gasteiger partial charge in [0.25, 0.3) is 12.3 Å². The van der Waals surface area contributed by atoms with Crippen LogP contribution in [0.5, 0.6) is 5.88 Å². The van der Waals surface area contributed by atoms with E-state index in [2.05, 4.69) is 20.4 Å². The third-order valence-electron chi connectivity index (χ3n) is 6.83. The van der Waals surface area contributed by atoms with Crippen LogP contribution < -0.4 is 10.1 Å². The van der Waals surface area contributed by atoms with E-state index in [1.807, 2.05) is 0 Å². The molecule has 3 aromatic heterocycles. The van der Waals surface area contributed by atoms with Gasteiger partial charge in [0.05, 0.1) is 63.1 Å². The number of halogens is 6. The molecular weight excluding hydrogens is 520 g/mol. The number of alkyl halides is 4. The van der Waals surface area contributed by atoms with Crippen LogP contribution in [0.4, 0.5) is 32.3 Å². The van der Waals surface area contributed by atoms with Gasteiger partial charge in [0.15, 0.2) is 11.6 Å². The Bertz CT molecular complexity index is 1520. The predicted molar refractivity (Wildman–Crippen MR) is 123 cm³/mol. The minimum Gasteiger partial charge on any atom is -0.479 e. The lowest BCUT2D eigenvalue weighted by Gasteiger charge is -2.34. The number of likely N-dealkylation sites (tertiary alicyclic amines) is 1. The fourth-order valence-electron chi connectivity index (χ4n) is 4.89. The number of fused-ring (bicyclic) bond motifs is 2. The lowest BCUT2D eigenvalue weighted by molar-refractivity contribution is -0.0711. The number of methoxy groups -OCH3 is 1. The Kier molecular flexibility index (Phi) is 5.86. The number of aromatic nitrogens is 5. The van der Waals surface area contributed by atoms with E-state index >= 15 is 4.39 Å². The zero-order valence-corrected chi connectivity index (χ0v) is 19.8. The molecule has 2 aliphatic heterocycles.